The normalized spacial score (nSPS) is 9.90. The molecule has 0 heterocycles. The minimum absolute atomic E-state index is 0.327. The second kappa shape index (κ2) is 16.1. The topological polar surface area (TPSA) is 26.3 Å². The van der Waals surface area contributed by atoms with Gasteiger partial charge in [-0.15, -0.1) is 0 Å². The van der Waals surface area contributed by atoms with Gasteiger partial charge in [-0.25, -0.2) is 0 Å². The molecule has 0 aromatic heterocycles. The third-order valence-corrected chi connectivity index (χ3v) is 3.42. The second-order valence-electron chi connectivity index (χ2n) is 5.51. The molecule has 0 aliphatic carbocycles. The quantitative estimate of drug-likeness (QED) is 0.264. The first kappa shape index (κ1) is 19.0. The fourth-order valence-electron chi connectivity index (χ4n) is 2.21. The van der Waals surface area contributed by atoms with Crippen LogP contribution in [0.4, 0.5) is 0 Å². The standard InChI is InChI=1S/C18H32O2/c1-3-4-5-6-7-8-9-10-11-12-13-14-15-16-17-20-18(2)19/h3-15H2,1-2H3. The van der Waals surface area contributed by atoms with Crippen LogP contribution in [-0.2, 0) is 9.53 Å². The molecule has 20 heavy (non-hydrogen) atoms. The molecular weight excluding hydrogens is 248 g/mol. The van der Waals surface area contributed by atoms with Gasteiger partial charge >= 0.3 is 5.97 Å². The van der Waals surface area contributed by atoms with Gasteiger partial charge in [0.15, 0.2) is 0 Å². The summed E-state index contributed by atoms with van der Waals surface area (Å²) >= 11 is 0. The Bertz CT molecular complexity index is 273. The van der Waals surface area contributed by atoms with Gasteiger partial charge in [-0.3, -0.25) is 4.79 Å². The summed E-state index contributed by atoms with van der Waals surface area (Å²) in [4.78, 5) is 10.5. The van der Waals surface area contributed by atoms with Crippen LogP contribution in [-0.4, -0.2) is 5.97 Å². The fraction of sp³-hybridized carbons (Fsp3) is 0.833. The highest BCUT2D eigenvalue weighted by atomic mass is 16.5. The first-order valence-corrected chi connectivity index (χ1v) is 8.42. The molecule has 0 radical (unpaired) electrons. The lowest BCUT2D eigenvalue weighted by atomic mass is 10.0. The molecule has 0 amide bonds. The zero-order valence-electron chi connectivity index (χ0n) is 13.5. The summed E-state index contributed by atoms with van der Waals surface area (Å²) < 4.78 is 4.55. The van der Waals surface area contributed by atoms with Gasteiger partial charge in [-0.2, -0.15) is 0 Å². The lowest BCUT2D eigenvalue weighted by molar-refractivity contribution is -0.134. The van der Waals surface area contributed by atoms with E-state index in [1.165, 1.54) is 77.6 Å². The summed E-state index contributed by atoms with van der Waals surface area (Å²) in [5, 5.41) is 0. The number of hydrogen-bond acceptors (Lipinski definition) is 2. The largest absolute Gasteiger partial charge is 0.372 e. The summed E-state index contributed by atoms with van der Waals surface area (Å²) in [5.74, 6) is 2.53. The average molecular weight is 280 g/mol. The summed E-state index contributed by atoms with van der Waals surface area (Å²) in [5.41, 5.74) is 0. The van der Waals surface area contributed by atoms with Crippen LogP contribution in [0.25, 0.3) is 0 Å². The molecule has 0 spiro atoms. The highest BCUT2D eigenvalue weighted by molar-refractivity contribution is 5.67. The molecule has 0 aromatic carbocycles. The molecule has 0 aliphatic rings. The van der Waals surface area contributed by atoms with Crippen molar-refractivity contribution >= 4 is 5.97 Å². The molecule has 0 saturated carbocycles. The summed E-state index contributed by atoms with van der Waals surface area (Å²) in [7, 11) is 0. The Labute approximate surface area is 125 Å². The third kappa shape index (κ3) is 17.0. The zero-order valence-corrected chi connectivity index (χ0v) is 13.5. The monoisotopic (exact) mass is 280 g/mol. The summed E-state index contributed by atoms with van der Waals surface area (Å²) in [6.07, 6.45) is 19.5. The third-order valence-electron chi connectivity index (χ3n) is 3.42. The van der Waals surface area contributed by atoms with Crippen molar-refractivity contribution in [3.05, 3.63) is 0 Å². The molecule has 2 heteroatoms. The highest BCUT2D eigenvalue weighted by Crippen LogP contribution is 2.12. The van der Waals surface area contributed by atoms with Gasteiger partial charge in [0.2, 0.25) is 0 Å². The van der Waals surface area contributed by atoms with E-state index >= 15 is 0 Å². The highest BCUT2D eigenvalue weighted by Gasteiger charge is 1.93. The molecule has 0 bridgehead atoms. The van der Waals surface area contributed by atoms with Crippen LogP contribution < -0.4 is 0 Å². The van der Waals surface area contributed by atoms with Crippen molar-refractivity contribution in [2.75, 3.05) is 0 Å². The van der Waals surface area contributed by atoms with E-state index in [-0.39, 0.29) is 5.97 Å². The molecule has 0 atom stereocenters. The smallest absolute Gasteiger partial charge is 0.316 e. The lowest BCUT2D eigenvalue weighted by Gasteiger charge is -2.01. The molecule has 0 aromatic rings. The number of carbonyl (C=O) groups is 1. The van der Waals surface area contributed by atoms with Crippen LogP contribution in [0, 0.1) is 12.0 Å². The summed E-state index contributed by atoms with van der Waals surface area (Å²) in [6.45, 7) is 3.64. The Morgan fingerprint density at radius 3 is 1.70 bits per heavy atom. The van der Waals surface area contributed by atoms with E-state index in [2.05, 4.69) is 23.7 Å². The first-order chi connectivity index (χ1) is 9.77. The Balaban J connectivity index is 3.05. The van der Waals surface area contributed by atoms with Crippen molar-refractivity contribution in [2.24, 2.45) is 0 Å². The predicted octanol–water partition coefficient (Wildman–Crippen LogP) is 5.60. The minimum Gasteiger partial charge on any atom is -0.372 e. The first-order valence-electron chi connectivity index (χ1n) is 8.42. The van der Waals surface area contributed by atoms with Crippen LogP contribution in [0.3, 0.4) is 0 Å². The maximum atomic E-state index is 10.5. The van der Waals surface area contributed by atoms with E-state index in [1.54, 1.807) is 0 Å². The van der Waals surface area contributed by atoms with Crippen LogP contribution in [0.5, 0.6) is 0 Å². The number of rotatable bonds is 12. The molecular formula is C18H32O2. The van der Waals surface area contributed by atoms with Gasteiger partial charge in [0.05, 0.1) is 0 Å². The van der Waals surface area contributed by atoms with Crippen molar-refractivity contribution in [1.82, 2.24) is 0 Å². The maximum Gasteiger partial charge on any atom is 0.316 e. The summed E-state index contributed by atoms with van der Waals surface area (Å²) in [6, 6.07) is 0. The van der Waals surface area contributed by atoms with Crippen molar-refractivity contribution in [2.45, 2.75) is 97.3 Å². The molecule has 0 fully saturated rings. The molecule has 0 unspecified atom stereocenters. The van der Waals surface area contributed by atoms with Crippen LogP contribution in [0.1, 0.15) is 97.3 Å². The number of ether oxygens (including phenoxy) is 1. The van der Waals surface area contributed by atoms with E-state index in [4.69, 9.17) is 0 Å². The molecule has 116 valence electrons. The van der Waals surface area contributed by atoms with Crippen LogP contribution in [0.15, 0.2) is 0 Å². The Morgan fingerprint density at radius 1 is 0.800 bits per heavy atom. The van der Waals surface area contributed by atoms with Crippen molar-refractivity contribution in [1.29, 1.82) is 0 Å². The Hall–Kier alpha value is -0.970. The van der Waals surface area contributed by atoms with E-state index in [1.807, 2.05) is 0 Å². The van der Waals surface area contributed by atoms with Gasteiger partial charge in [0.1, 0.15) is 6.11 Å². The van der Waals surface area contributed by atoms with Gasteiger partial charge in [-0.1, -0.05) is 83.5 Å². The number of unbranched alkanes of at least 4 members (excludes halogenated alkanes) is 12. The number of esters is 1. The fourth-order valence-corrected chi connectivity index (χ4v) is 2.21. The second-order valence-corrected chi connectivity index (χ2v) is 5.51. The molecule has 0 aliphatic heterocycles. The Kier molecular flexibility index (Phi) is 15.3. The van der Waals surface area contributed by atoms with Crippen molar-refractivity contribution in [3.8, 4) is 12.0 Å². The number of hydrogen-bond donors (Lipinski definition) is 0. The predicted molar refractivity (Wildman–Crippen MR) is 85.2 cm³/mol. The maximum absolute atomic E-state index is 10.5. The average Bonchev–Trinajstić information content (AvgIpc) is 2.43. The van der Waals surface area contributed by atoms with E-state index in [9.17, 15) is 4.79 Å². The lowest BCUT2D eigenvalue weighted by Crippen LogP contribution is -1.89. The van der Waals surface area contributed by atoms with Gasteiger partial charge in [0, 0.05) is 13.3 Å². The molecule has 0 rings (SSSR count). The SMILES string of the molecule is CCCCCCCCCCCCCCC#COC(C)=O. The van der Waals surface area contributed by atoms with Gasteiger partial charge in [0.25, 0.3) is 0 Å². The van der Waals surface area contributed by atoms with Crippen LogP contribution >= 0.6 is 0 Å². The minimum atomic E-state index is -0.327. The van der Waals surface area contributed by atoms with Crippen molar-refractivity contribution < 1.29 is 9.53 Å². The van der Waals surface area contributed by atoms with Gasteiger partial charge in [-0.05, 0) is 6.42 Å². The van der Waals surface area contributed by atoms with Crippen molar-refractivity contribution in [3.63, 3.8) is 0 Å². The number of carbonyl (C=O) groups excluding carboxylic acids is 1. The molecule has 0 saturated heterocycles. The Morgan fingerprint density at radius 2 is 1.25 bits per heavy atom. The molecule has 0 N–H and O–H groups in total. The van der Waals surface area contributed by atoms with E-state index in [0.717, 1.165) is 12.8 Å². The van der Waals surface area contributed by atoms with E-state index in [0.29, 0.717) is 0 Å². The zero-order chi connectivity index (χ0) is 14.9. The molecule has 2 nitrogen and oxygen atoms in total. The van der Waals surface area contributed by atoms with E-state index < -0.39 is 0 Å². The van der Waals surface area contributed by atoms with Crippen LogP contribution in [0.2, 0.25) is 0 Å². The van der Waals surface area contributed by atoms with Gasteiger partial charge < -0.3 is 4.74 Å².